The van der Waals surface area contributed by atoms with Crippen molar-refractivity contribution in [2.24, 2.45) is 0 Å². The summed E-state index contributed by atoms with van der Waals surface area (Å²) in [6.07, 6.45) is 0.753. The van der Waals surface area contributed by atoms with Gasteiger partial charge in [-0.1, -0.05) is 22.2 Å². The minimum atomic E-state index is -3.51. The smallest absolute Gasteiger partial charge is 0.265 e. The highest BCUT2D eigenvalue weighted by Gasteiger charge is 2.31. The van der Waals surface area contributed by atoms with Crippen LogP contribution in [0.1, 0.15) is 23.1 Å². The highest BCUT2D eigenvalue weighted by atomic mass is 32.2. The van der Waals surface area contributed by atoms with Gasteiger partial charge in [0.25, 0.3) is 10.0 Å². The number of hydroxylamine groups is 1. The van der Waals surface area contributed by atoms with Crippen LogP contribution in [0.25, 0.3) is 0 Å². The SMILES string of the molecule is Cc1cc(C)c(S(=O)(=O)N2CCCO2)c(C)c1. The number of rotatable bonds is 2. The van der Waals surface area contributed by atoms with Crippen LogP contribution in [0.2, 0.25) is 0 Å². The minimum Gasteiger partial charge on any atom is -0.284 e. The fraction of sp³-hybridized carbons (Fsp3) is 0.500. The van der Waals surface area contributed by atoms with Gasteiger partial charge >= 0.3 is 0 Å². The molecule has 0 amide bonds. The monoisotopic (exact) mass is 255 g/mol. The standard InChI is InChI=1S/C12H17NO3S/c1-9-7-10(2)12(11(3)8-9)17(14,15)13-5-4-6-16-13/h7-8H,4-6H2,1-3H3. The average Bonchev–Trinajstić information content (AvgIpc) is 2.67. The second-order valence-corrected chi connectivity index (χ2v) is 6.21. The van der Waals surface area contributed by atoms with E-state index in [1.54, 1.807) is 0 Å². The zero-order chi connectivity index (χ0) is 12.6. The number of nitrogens with zero attached hydrogens (tertiary/aromatic N) is 1. The Kier molecular flexibility index (Phi) is 3.25. The third-order valence-electron chi connectivity index (χ3n) is 2.85. The lowest BCUT2D eigenvalue weighted by molar-refractivity contribution is -0.0285. The second-order valence-electron chi connectivity index (χ2n) is 4.45. The van der Waals surface area contributed by atoms with Gasteiger partial charge in [-0.3, -0.25) is 4.84 Å². The molecule has 1 fully saturated rings. The van der Waals surface area contributed by atoms with Crippen molar-refractivity contribution in [2.45, 2.75) is 32.1 Å². The van der Waals surface area contributed by atoms with Gasteiger partial charge in [-0.25, -0.2) is 8.42 Å². The third-order valence-corrected chi connectivity index (χ3v) is 4.84. The molecule has 1 aliphatic heterocycles. The summed E-state index contributed by atoms with van der Waals surface area (Å²) < 4.78 is 25.9. The van der Waals surface area contributed by atoms with Crippen LogP contribution in [0, 0.1) is 20.8 Å². The Balaban J connectivity index is 2.53. The molecule has 0 aliphatic carbocycles. The fourth-order valence-corrected chi connectivity index (χ4v) is 4.01. The predicted molar refractivity (Wildman–Crippen MR) is 65.1 cm³/mol. The molecule has 5 heteroatoms. The molecule has 1 heterocycles. The fourth-order valence-electron chi connectivity index (χ4n) is 2.29. The molecule has 1 aromatic rings. The average molecular weight is 255 g/mol. The van der Waals surface area contributed by atoms with Crippen molar-refractivity contribution in [1.29, 1.82) is 0 Å². The number of benzene rings is 1. The lowest BCUT2D eigenvalue weighted by atomic mass is 10.1. The number of hydrogen-bond acceptors (Lipinski definition) is 3. The van der Waals surface area contributed by atoms with Gasteiger partial charge < -0.3 is 0 Å². The molecular formula is C12H17NO3S. The summed E-state index contributed by atoms with van der Waals surface area (Å²) in [6.45, 7) is 6.52. The van der Waals surface area contributed by atoms with Crippen LogP contribution in [0.4, 0.5) is 0 Å². The molecule has 1 aliphatic rings. The van der Waals surface area contributed by atoms with Crippen molar-refractivity contribution < 1.29 is 13.3 Å². The van der Waals surface area contributed by atoms with Crippen LogP contribution >= 0.6 is 0 Å². The zero-order valence-electron chi connectivity index (χ0n) is 10.4. The number of hydrogen-bond donors (Lipinski definition) is 0. The Bertz CT molecular complexity index is 508. The van der Waals surface area contributed by atoms with E-state index in [4.69, 9.17) is 4.84 Å². The van der Waals surface area contributed by atoms with E-state index < -0.39 is 10.0 Å². The summed E-state index contributed by atoms with van der Waals surface area (Å²) in [5.41, 5.74) is 2.62. The Labute approximate surface area is 102 Å². The van der Waals surface area contributed by atoms with E-state index in [0.29, 0.717) is 18.0 Å². The second kappa shape index (κ2) is 4.40. The van der Waals surface area contributed by atoms with E-state index in [1.807, 2.05) is 32.9 Å². The molecule has 0 atom stereocenters. The molecule has 1 aromatic carbocycles. The van der Waals surface area contributed by atoms with Crippen molar-refractivity contribution >= 4 is 10.0 Å². The quantitative estimate of drug-likeness (QED) is 0.811. The van der Waals surface area contributed by atoms with Crippen LogP contribution in [-0.2, 0) is 14.9 Å². The van der Waals surface area contributed by atoms with Crippen LogP contribution in [-0.4, -0.2) is 26.0 Å². The molecule has 0 spiro atoms. The lowest BCUT2D eigenvalue weighted by Crippen LogP contribution is -2.28. The van der Waals surface area contributed by atoms with E-state index in [0.717, 1.165) is 27.6 Å². The first-order valence-electron chi connectivity index (χ1n) is 5.66. The molecule has 0 bridgehead atoms. The summed E-state index contributed by atoms with van der Waals surface area (Å²) in [5, 5.41) is 0. The lowest BCUT2D eigenvalue weighted by Gasteiger charge is -2.18. The summed E-state index contributed by atoms with van der Waals surface area (Å²) in [6, 6.07) is 3.77. The number of sulfonamides is 1. The first-order valence-corrected chi connectivity index (χ1v) is 7.10. The van der Waals surface area contributed by atoms with Crippen molar-refractivity contribution in [1.82, 2.24) is 4.47 Å². The molecule has 4 nitrogen and oxygen atoms in total. The first kappa shape index (κ1) is 12.5. The van der Waals surface area contributed by atoms with Gasteiger partial charge in [-0.05, 0) is 38.3 Å². The molecule has 1 saturated heterocycles. The van der Waals surface area contributed by atoms with Gasteiger partial charge in [0.2, 0.25) is 0 Å². The van der Waals surface area contributed by atoms with Gasteiger partial charge in [-0.2, -0.15) is 0 Å². The van der Waals surface area contributed by atoms with Crippen molar-refractivity contribution in [3.8, 4) is 0 Å². The van der Waals surface area contributed by atoms with Crippen LogP contribution in [0.5, 0.6) is 0 Å². The summed E-state index contributed by atoms with van der Waals surface area (Å²) in [4.78, 5) is 5.54. The molecule has 0 N–H and O–H groups in total. The van der Waals surface area contributed by atoms with Gasteiger partial charge in [0, 0.05) is 6.54 Å². The summed E-state index contributed by atoms with van der Waals surface area (Å²) in [5.74, 6) is 0. The molecule has 2 rings (SSSR count). The Morgan fingerprint density at radius 3 is 2.24 bits per heavy atom. The Hall–Kier alpha value is -0.910. The molecule has 0 radical (unpaired) electrons. The highest BCUT2D eigenvalue weighted by molar-refractivity contribution is 7.89. The topological polar surface area (TPSA) is 46.6 Å². The van der Waals surface area contributed by atoms with E-state index in [2.05, 4.69) is 0 Å². The van der Waals surface area contributed by atoms with E-state index >= 15 is 0 Å². The molecular weight excluding hydrogens is 238 g/mol. The van der Waals surface area contributed by atoms with Crippen LogP contribution in [0.15, 0.2) is 17.0 Å². The normalized spacial score (nSPS) is 17.6. The van der Waals surface area contributed by atoms with Gasteiger partial charge in [0.1, 0.15) is 0 Å². The van der Waals surface area contributed by atoms with Gasteiger partial charge in [-0.15, -0.1) is 0 Å². The van der Waals surface area contributed by atoms with Gasteiger partial charge in [0.05, 0.1) is 11.5 Å². The van der Waals surface area contributed by atoms with Gasteiger partial charge in [0.15, 0.2) is 0 Å². The summed E-state index contributed by atoms with van der Waals surface area (Å²) >= 11 is 0. The third kappa shape index (κ3) is 2.22. The predicted octanol–water partition coefficient (Wildman–Crippen LogP) is 1.94. The van der Waals surface area contributed by atoms with Crippen molar-refractivity contribution in [2.75, 3.05) is 13.2 Å². The first-order chi connectivity index (χ1) is 7.93. The zero-order valence-corrected chi connectivity index (χ0v) is 11.2. The Morgan fingerprint density at radius 1 is 1.18 bits per heavy atom. The highest BCUT2D eigenvalue weighted by Crippen LogP contribution is 2.26. The van der Waals surface area contributed by atoms with Crippen molar-refractivity contribution in [3.05, 3.63) is 28.8 Å². The maximum absolute atomic E-state index is 12.4. The number of aryl methyl sites for hydroxylation is 3. The van der Waals surface area contributed by atoms with Crippen LogP contribution < -0.4 is 0 Å². The molecule has 17 heavy (non-hydrogen) atoms. The molecule has 94 valence electrons. The molecule has 0 saturated carbocycles. The largest absolute Gasteiger partial charge is 0.284 e. The Morgan fingerprint density at radius 2 is 1.76 bits per heavy atom. The van der Waals surface area contributed by atoms with Crippen molar-refractivity contribution in [3.63, 3.8) is 0 Å². The molecule has 0 unspecified atom stereocenters. The minimum absolute atomic E-state index is 0.380. The van der Waals surface area contributed by atoms with Crippen LogP contribution in [0.3, 0.4) is 0 Å². The summed E-state index contributed by atoms with van der Waals surface area (Å²) in [7, 11) is -3.51. The van der Waals surface area contributed by atoms with E-state index in [1.165, 1.54) is 0 Å². The van der Waals surface area contributed by atoms with E-state index in [-0.39, 0.29) is 0 Å². The van der Waals surface area contributed by atoms with E-state index in [9.17, 15) is 8.42 Å². The maximum Gasteiger partial charge on any atom is 0.265 e. The molecule has 0 aromatic heterocycles. The maximum atomic E-state index is 12.4.